The van der Waals surface area contributed by atoms with Crippen LogP contribution in [0.15, 0.2) is 18.3 Å². The molecule has 0 saturated carbocycles. The molecule has 5 nitrogen and oxygen atoms in total. The first-order chi connectivity index (χ1) is 9.93. The number of carbonyl (C=O) groups is 1. The Morgan fingerprint density at radius 1 is 1.57 bits per heavy atom. The number of carbonyl (C=O) groups excluding carboxylic acids is 1. The minimum absolute atomic E-state index is 0.0803. The molecule has 0 N–H and O–H groups in total. The summed E-state index contributed by atoms with van der Waals surface area (Å²) in [5.74, 6) is -0.413. The molecular weight excluding hydrogens is 289 g/mol. The van der Waals surface area contributed by atoms with E-state index in [0.29, 0.717) is 0 Å². The lowest BCUT2D eigenvalue weighted by molar-refractivity contribution is -0.221. The van der Waals surface area contributed by atoms with E-state index in [0.717, 1.165) is 0 Å². The number of morpholine rings is 1. The maximum absolute atomic E-state index is 12.7. The third-order valence-electron chi connectivity index (χ3n) is 3.01. The smallest absolute Gasteiger partial charge is 0.416 e. The number of ether oxygens (including phenoxy) is 2. The minimum atomic E-state index is -4.45. The maximum Gasteiger partial charge on any atom is 0.416 e. The van der Waals surface area contributed by atoms with Crippen molar-refractivity contribution in [1.82, 2.24) is 4.98 Å². The molecule has 21 heavy (non-hydrogen) atoms. The number of rotatable bonds is 3. The molecule has 0 aliphatic carbocycles. The van der Waals surface area contributed by atoms with Gasteiger partial charge in [-0.05, 0) is 19.1 Å². The Balaban J connectivity index is 2.23. The van der Waals surface area contributed by atoms with Crippen LogP contribution < -0.4 is 4.90 Å². The van der Waals surface area contributed by atoms with Crippen LogP contribution in [0, 0.1) is 0 Å². The lowest BCUT2D eigenvalue weighted by atomic mass is 10.2. The molecule has 0 spiro atoms. The number of esters is 1. The Morgan fingerprint density at radius 2 is 2.33 bits per heavy atom. The summed E-state index contributed by atoms with van der Waals surface area (Å²) in [4.78, 5) is 17.3. The van der Waals surface area contributed by atoms with E-state index in [-0.39, 0.29) is 31.1 Å². The highest BCUT2D eigenvalue weighted by atomic mass is 19.4. The largest absolute Gasteiger partial charge is 0.462 e. The second-order valence-corrected chi connectivity index (χ2v) is 4.44. The molecule has 1 saturated heterocycles. The molecule has 0 bridgehead atoms. The topological polar surface area (TPSA) is 51.7 Å². The molecule has 2 heterocycles. The standard InChI is InChI=1S/C13H15F3N2O3/c1-2-20-12(19)9-4-3-5-17-11(9)18-6-7-21-10(8-18)13(14,15)16/h3-5,10H,2,6-8H2,1H3/t10-/m1/s1. The number of anilines is 1. The van der Waals surface area contributed by atoms with Crippen LogP contribution in [-0.4, -0.2) is 49.5 Å². The van der Waals surface area contributed by atoms with Gasteiger partial charge < -0.3 is 14.4 Å². The molecule has 0 aromatic carbocycles. The van der Waals surface area contributed by atoms with Crippen molar-refractivity contribution in [3.63, 3.8) is 0 Å². The Bertz CT molecular complexity index is 508. The van der Waals surface area contributed by atoms with E-state index in [2.05, 4.69) is 4.98 Å². The normalized spacial score (nSPS) is 19.4. The van der Waals surface area contributed by atoms with E-state index in [9.17, 15) is 18.0 Å². The second-order valence-electron chi connectivity index (χ2n) is 4.44. The van der Waals surface area contributed by atoms with E-state index < -0.39 is 24.8 Å². The molecule has 1 aromatic heterocycles. The molecule has 1 aromatic rings. The van der Waals surface area contributed by atoms with Gasteiger partial charge in [-0.15, -0.1) is 0 Å². The fourth-order valence-electron chi connectivity index (χ4n) is 2.06. The molecule has 1 fully saturated rings. The monoisotopic (exact) mass is 304 g/mol. The molecule has 1 aliphatic heterocycles. The highest BCUT2D eigenvalue weighted by Crippen LogP contribution is 2.28. The van der Waals surface area contributed by atoms with Gasteiger partial charge in [0.1, 0.15) is 11.4 Å². The minimum Gasteiger partial charge on any atom is -0.462 e. The van der Waals surface area contributed by atoms with Gasteiger partial charge in [0.25, 0.3) is 0 Å². The maximum atomic E-state index is 12.7. The van der Waals surface area contributed by atoms with Gasteiger partial charge in [0.2, 0.25) is 0 Å². The number of hydrogen-bond acceptors (Lipinski definition) is 5. The highest BCUT2D eigenvalue weighted by molar-refractivity contribution is 5.94. The molecule has 0 amide bonds. The fourth-order valence-corrected chi connectivity index (χ4v) is 2.06. The van der Waals surface area contributed by atoms with Crippen LogP contribution in [0.5, 0.6) is 0 Å². The zero-order chi connectivity index (χ0) is 15.5. The Hall–Kier alpha value is -1.83. The van der Waals surface area contributed by atoms with Crippen molar-refractivity contribution in [1.29, 1.82) is 0 Å². The van der Waals surface area contributed by atoms with Crippen molar-refractivity contribution < 1.29 is 27.4 Å². The van der Waals surface area contributed by atoms with Crippen LogP contribution in [-0.2, 0) is 9.47 Å². The van der Waals surface area contributed by atoms with Gasteiger partial charge in [-0.1, -0.05) is 0 Å². The van der Waals surface area contributed by atoms with Crippen LogP contribution in [0.1, 0.15) is 17.3 Å². The first-order valence-electron chi connectivity index (χ1n) is 6.49. The van der Waals surface area contributed by atoms with E-state index >= 15 is 0 Å². The van der Waals surface area contributed by atoms with Gasteiger partial charge in [-0.25, -0.2) is 9.78 Å². The van der Waals surface area contributed by atoms with Crippen LogP contribution >= 0.6 is 0 Å². The third-order valence-corrected chi connectivity index (χ3v) is 3.01. The van der Waals surface area contributed by atoms with Crippen molar-refractivity contribution in [2.24, 2.45) is 0 Å². The predicted octanol–water partition coefficient (Wildman–Crippen LogP) is 2.03. The average Bonchev–Trinajstić information content (AvgIpc) is 2.47. The summed E-state index contributed by atoms with van der Waals surface area (Å²) < 4.78 is 47.9. The molecule has 0 radical (unpaired) electrons. The van der Waals surface area contributed by atoms with E-state index in [1.54, 1.807) is 6.92 Å². The van der Waals surface area contributed by atoms with E-state index in [4.69, 9.17) is 9.47 Å². The van der Waals surface area contributed by atoms with Crippen molar-refractivity contribution >= 4 is 11.8 Å². The van der Waals surface area contributed by atoms with Crippen molar-refractivity contribution in [3.8, 4) is 0 Å². The SMILES string of the molecule is CCOC(=O)c1cccnc1N1CCO[C@@H](C(F)(F)F)C1. The van der Waals surface area contributed by atoms with Crippen LogP contribution in [0.4, 0.5) is 19.0 Å². The Morgan fingerprint density at radius 3 is 3.00 bits per heavy atom. The Labute approximate surface area is 119 Å². The van der Waals surface area contributed by atoms with Gasteiger partial charge in [-0.2, -0.15) is 13.2 Å². The van der Waals surface area contributed by atoms with Gasteiger partial charge in [0.05, 0.1) is 19.8 Å². The van der Waals surface area contributed by atoms with Crippen LogP contribution in [0.3, 0.4) is 0 Å². The van der Waals surface area contributed by atoms with Crippen LogP contribution in [0.25, 0.3) is 0 Å². The summed E-state index contributed by atoms with van der Waals surface area (Å²) in [7, 11) is 0. The first kappa shape index (κ1) is 15.6. The molecular formula is C13H15F3N2O3. The fraction of sp³-hybridized carbons (Fsp3) is 0.538. The highest BCUT2D eigenvalue weighted by Gasteiger charge is 2.44. The summed E-state index contributed by atoms with van der Waals surface area (Å²) in [6, 6.07) is 3.02. The van der Waals surface area contributed by atoms with Crippen molar-refractivity contribution in [2.75, 3.05) is 31.2 Å². The zero-order valence-corrected chi connectivity index (χ0v) is 11.4. The van der Waals surface area contributed by atoms with Crippen molar-refractivity contribution in [2.45, 2.75) is 19.2 Å². The van der Waals surface area contributed by atoms with Gasteiger partial charge >= 0.3 is 12.1 Å². The average molecular weight is 304 g/mol. The number of nitrogens with zero attached hydrogens (tertiary/aromatic N) is 2. The lowest BCUT2D eigenvalue weighted by Crippen LogP contribution is -2.49. The third kappa shape index (κ3) is 3.63. The summed E-state index contributed by atoms with van der Waals surface area (Å²) in [6.45, 7) is 1.59. The van der Waals surface area contributed by atoms with Crippen molar-refractivity contribution in [3.05, 3.63) is 23.9 Å². The summed E-state index contributed by atoms with van der Waals surface area (Å²) in [5.41, 5.74) is 0.155. The number of aromatic nitrogens is 1. The molecule has 1 atom stereocenters. The quantitative estimate of drug-likeness (QED) is 0.800. The summed E-state index contributed by atoms with van der Waals surface area (Å²) >= 11 is 0. The second kappa shape index (κ2) is 6.30. The first-order valence-corrected chi connectivity index (χ1v) is 6.49. The van der Waals surface area contributed by atoms with Crippen LogP contribution in [0.2, 0.25) is 0 Å². The molecule has 1 aliphatic rings. The lowest BCUT2D eigenvalue weighted by Gasteiger charge is -2.35. The number of alkyl halides is 3. The van der Waals surface area contributed by atoms with Gasteiger partial charge in [0.15, 0.2) is 6.10 Å². The number of pyridine rings is 1. The number of halogens is 3. The Kier molecular flexibility index (Phi) is 4.66. The van der Waals surface area contributed by atoms with Gasteiger partial charge in [-0.3, -0.25) is 0 Å². The molecule has 0 unspecified atom stereocenters. The van der Waals surface area contributed by atoms with E-state index in [1.807, 2.05) is 0 Å². The zero-order valence-electron chi connectivity index (χ0n) is 11.4. The molecule has 2 rings (SSSR count). The summed E-state index contributed by atoms with van der Waals surface area (Å²) in [6.07, 6.45) is -4.91. The molecule has 116 valence electrons. The number of hydrogen-bond donors (Lipinski definition) is 0. The van der Waals surface area contributed by atoms with Gasteiger partial charge in [0, 0.05) is 12.7 Å². The predicted molar refractivity (Wildman–Crippen MR) is 68.2 cm³/mol. The molecule has 8 heteroatoms. The van der Waals surface area contributed by atoms with E-state index in [1.165, 1.54) is 23.2 Å². The summed E-state index contributed by atoms with van der Waals surface area (Å²) in [5, 5.41) is 0.